The lowest BCUT2D eigenvalue weighted by atomic mass is 10.2. The molecule has 0 spiro atoms. The van der Waals surface area contributed by atoms with Crippen LogP contribution in [0.3, 0.4) is 0 Å². The summed E-state index contributed by atoms with van der Waals surface area (Å²) in [6.45, 7) is 0. The second-order valence-electron chi connectivity index (χ2n) is 4.01. The first-order valence-electron chi connectivity index (χ1n) is 5.52. The monoisotopic (exact) mass is 433 g/mol. The van der Waals surface area contributed by atoms with Gasteiger partial charge in [0.15, 0.2) is 0 Å². The number of rotatable bonds is 3. The van der Waals surface area contributed by atoms with Crippen molar-refractivity contribution in [2.75, 3.05) is 5.32 Å². The molecule has 0 bridgehead atoms. The summed E-state index contributed by atoms with van der Waals surface area (Å²) >= 11 is 6.37. The minimum absolute atomic E-state index is 0.0438. The van der Waals surface area contributed by atoms with Gasteiger partial charge >= 0.3 is 0 Å². The second-order valence-corrected chi connectivity index (χ2v) is 7.24. The van der Waals surface area contributed by atoms with Crippen molar-refractivity contribution in [2.24, 2.45) is 5.14 Å². The number of aromatic nitrogens is 1. The molecule has 2 aromatic rings. The van der Waals surface area contributed by atoms with E-state index in [9.17, 15) is 13.2 Å². The van der Waals surface area contributed by atoms with Crippen molar-refractivity contribution in [1.29, 1.82) is 0 Å². The third kappa shape index (κ3) is 4.10. The molecular formula is C12H9Br2N3O3S. The van der Waals surface area contributed by atoms with Crippen LogP contribution in [0.4, 0.5) is 5.69 Å². The zero-order valence-corrected chi connectivity index (χ0v) is 14.4. The van der Waals surface area contributed by atoms with Crippen molar-refractivity contribution >= 4 is 53.5 Å². The standard InChI is InChI=1S/C12H9Br2N3O3S/c13-9-5-8(21(15,19)20)2-3-10(9)17-12(18)7-1-4-11(14)16-6-7/h1-6H,(H,17,18)(H2,15,19,20). The van der Waals surface area contributed by atoms with E-state index in [1.54, 1.807) is 12.1 Å². The van der Waals surface area contributed by atoms with Gasteiger partial charge in [0.1, 0.15) is 4.60 Å². The minimum atomic E-state index is -3.79. The zero-order chi connectivity index (χ0) is 15.6. The Balaban J connectivity index is 2.24. The number of hydrogen-bond donors (Lipinski definition) is 2. The van der Waals surface area contributed by atoms with Gasteiger partial charge in [0.2, 0.25) is 10.0 Å². The molecule has 0 atom stereocenters. The highest BCUT2D eigenvalue weighted by molar-refractivity contribution is 9.10. The normalized spacial score (nSPS) is 11.2. The van der Waals surface area contributed by atoms with Crippen LogP contribution in [0.5, 0.6) is 0 Å². The Morgan fingerprint density at radius 3 is 2.43 bits per heavy atom. The molecular weight excluding hydrogens is 426 g/mol. The van der Waals surface area contributed by atoms with Gasteiger partial charge in [-0.2, -0.15) is 0 Å². The van der Waals surface area contributed by atoms with Gasteiger partial charge in [-0.1, -0.05) is 0 Å². The van der Waals surface area contributed by atoms with Crippen molar-refractivity contribution in [3.8, 4) is 0 Å². The minimum Gasteiger partial charge on any atom is -0.321 e. The molecule has 0 saturated carbocycles. The molecule has 0 aliphatic heterocycles. The van der Waals surface area contributed by atoms with E-state index in [1.165, 1.54) is 24.4 Å². The van der Waals surface area contributed by atoms with Gasteiger partial charge < -0.3 is 5.32 Å². The summed E-state index contributed by atoms with van der Waals surface area (Å²) in [7, 11) is -3.79. The summed E-state index contributed by atoms with van der Waals surface area (Å²) in [5.41, 5.74) is 0.802. The Labute approximate surface area is 138 Å². The third-order valence-electron chi connectivity index (χ3n) is 2.51. The molecule has 0 saturated heterocycles. The van der Waals surface area contributed by atoms with Crippen LogP contribution >= 0.6 is 31.9 Å². The number of nitrogens with one attached hydrogen (secondary N) is 1. The Morgan fingerprint density at radius 2 is 1.90 bits per heavy atom. The first kappa shape index (κ1) is 16.1. The first-order chi connectivity index (χ1) is 9.77. The summed E-state index contributed by atoms with van der Waals surface area (Å²) in [4.78, 5) is 15.9. The highest BCUT2D eigenvalue weighted by atomic mass is 79.9. The number of pyridine rings is 1. The summed E-state index contributed by atoms with van der Waals surface area (Å²) in [6, 6.07) is 7.35. The van der Waals surface area contributed by atoms with Gasteiger partial charge in [-0.15, -0.1) is 0 Å². The molecule has 9 heteroatoms. The molecule has 1 aromatic heterocycles. The molecule has 1 heterocycles. The smallest absolute Gasteiger partial charge is 0.257 e. The van der Waals surface area contributed by atoms with Gasteiger partial charge in [-0.05, 0) is 62.2 Å². The Kier molecular flexibility index (Phi) is 4.77. The summed E-state index contributed by atoms with van der Waals surface area (Å²) in [5.74, 6) is -0.362. The van der Waals surface area contributed by atoms with Crippen LogP contribution in [0.15, 0.2) is 50.5 Å². The first-order valence-corrected chi connectivity index (χ1v) is 8.66. The largest absolute Gasteiger partial charge is 0.321 e. The maximum atomic E-state index is 12.0. The van der Waals surface area contributed by atoms with E-state index in [0.717, 1.165) is 0 Å². The lowest BCUT2D eigenvalue weighted by Gasteiger charge is -2.08. The predicted octanol–water partition coefficient (Wildman–Crippen LogP) is 2.51. The quantitative estimate of drug-likeness (QED) is 0.724. The number of nitrogens with zero attached hydrogens (tertiary/aromatic N) is 1. The number of amides is 1. The number of hydrogen-bond acceptors (Lipinski definition) is 4. The van der Waals surface area contributed by atoms with E-state index in [-0.39, 0.29) is 10.8 Å². The van der Waals surface area contributed by atoms with Crippen LogP contribution in [-0.4, -0.2) is 19.3 Å². The van der Waals surface area contributed by atoms with Gasteiger partial charge in [0, 0.05) is 10.7 Å². The van der Waals surface area contributed by atoms with Gasteiger partial charge in [-0.3, -0.25) is 4.79 Å². The fraction of sp³-hybridized carbons (Fsp3) is 0. The number of carbonyl (C=O) groups excluding carboxylic acids is 1. The predicted molar refractivity (Wildman–Crippen MR) is 85.4 cm³/mol. The van der Waals surface area contributed by atoms with Crippen LogP contribution in [0, 0.1) is 0 Å². The average Bonchev–Trinajstić information content (AvgIpc) is 2.40. The Morgan fingerprint density at radius 1 is 1.19 bits per heavy atom. The topological polar surface area (TPSA) is 102 Å². The van der Waals surface area contributed by atoms with Gasteiger partial charge in [0.25, 0.3) is 5.91 Å². The lowest BCUT2D eigenvalue weighted by Crippen LogP contribution is -2.14. The van der Waals surface area contributed by atoms with Crippen molar-refractivity contribution < 1.29 is 13.2 Å². The number of nitrogens with two attached hydrogens (primary N) is 1. The molecule has 0 fully saturated rings. The summed E-state index contributed by atoms with van der Waals surface area (Å²) in [5, 5.41) is 7.68. The third-order valence-corrected chi connectivity index (χ3v) is 4.54. The number of anilines is 1. The SMILES string of the molecule is NS(=O)(=O)c1ccc(NC(=O)c2ccc(Br)nc2)c(Br)c1. The van der Waals surface area contributed by atoms with E-state index < -0.39 is 10.0 Å². The van der Waals surface area contributed by atoms with Crippen LogP contribution in [0.2, 0.25) is 0 Å². The number of benzene rings is 1. The van der Waals surface area contributed by atoms with Crippen LogP contribution in [-0.2, 0) is 10.0 Å². The zero-order valence-electron chi connectivity index (χ0n) is 10.4. The molecule has 0 aliphatic rings. The molecule has 21 heavy (non-hydrogen) atoms. The second kappa shape index (κ2) is 6.22. The van der Waals surface area contributed by atoms with Crippen molar-refractivity contribution in [3.63, 3.8) is 0 Å². The summed E-state index contributed by atoms with van der Waals surface area (Å²) in [6.07, 6.45) is 1.42. The van der Waals surface area contributed by atoms with Crippen LogP contribution < -0.4 is 10.5 Å². The molecule has 3 N–H and O–H groups in total. The molecule has 0 radical (unpaired) electrons. The van der Waals surface area contributed by atoms with Crippen molar-refractivity contribution in [2.45, 2.75) is 4.90 Å². The van der Waals surface area contributed by atoms with E-state index in [1.807, 2.05) is 0 Å². The number of carbonyl (C=O) groups is 1. The van der Waals surface area contributed by atoms with E-state index in [4.69, 9.17) is 5.14 Å². The highest BCUT2D eigenvalue weighted by Crippen LogP contribution is 2.25. The maximum absolute atomic E-state index is 12.0. The molecule has 0 unspecified atom stereocenters. The highest BCUT2D eigenvalue weighted by Gasteiger charge is 2.13. The number of sulfonamides is 1. The number of primary sulfonamides is 1. The van der Waals surface area contributed by atoms with Crippen LogP contribution in [0.25, 0.3) is 0 Å². The molecule has 0 aliphatic carbocycles. The molecule has 6 nitrogen and oxygen atoms in total. The molecule has 1 amide bonds. The van der Waals surface area contributed by atoms with E-state index >= 15 is 0 Å². The van der Waals surface area contributed by atoms with Crippen LogP contribution in [0.1, 0.15) is 10.4 Å². The fourth-order valence-corrected chi connectivity index (χ4v) is 2.88. The lowest BCUT2D eigenvalue weighted by molar-refractivity contribution is 0.102. The van der Waals surface area contributed by atoms with Crippen molar-refractivity contribution in [1.82, 2.24) is 4.98 Å². The van der Waals surface area contributed by atoms with Crippen molar-refractivity contribution in [3.05, 3.63) is 51.2 Å². The fourth-order valence-electron chi connectivity index (χ4n) is 1.48. The molecule has 2 rings (SSSR count). The Bertz CT molecular complexity index is 792. The van der Waals surface area contributed by atoms with E-state index in [0.29, 0.717) is 20.3 Å². The van der Waals surface area contributed by atoms with Gasteiger partial charge in [-0.25, -0.2) is 18.5 Å². The molecule has 110 valence electrons. The number of halogens is 2. The van der Waals surface area contributed by atoms with Gasteiger partial charge in [0.05, 0.1) is 16.1 Å². The molecule has 1 aromatic carbocycles. The average molecular weight is 435 g/mol. The Hall–Kier alpha value is -1.29. The maximum Gasteiger partial charge on any atom is 0.257 e. The van der Waals surface area contributed by atoms with E-state index in [2.05, 4.69) is 42.2 Å². The summed E-state index contributed by atoms with van der Waals surface area (Å²) < 4.78 is 23.5.